The molecule has 1 aliphatic heterocycles. The van der Waals surface area contributed by atoms with Gasteiger partial charge < -0.3 is 15.0 Å². The van der Waals surface area contributed by atoms with E-state index in [4.69, 9.17) is 0 Å². The van der Waals surface area contributed by atoms with Crippen LogP contribution in [-0.2, 0) is 22.4 Å². The predicted octanol–water partition coefficient (Wildman–Crippen LogP) is 2.50. The summed E-state index contributed by atoms with van der Waals surface area (Å²) in [5.41, 5.74) is 5.16. The summed E-state index contributed by atoms with van der Waals surface area (Å²) in [7, 11) is -4.10. The molecule has 0 bridgehead atoms. The molecular weight excluding hydrogens is 430 g/mol. The standard InChI is InChI=1S/C22H27N5O4S/c1-14-6-18(7-15(2)20(14)13-32(29,30)31)24-22-23-5-4-21(25-22)27-8-16(3)17(10-27)9-26-11-19(28)12-26/h4-8,10,19,28H,9,11-13H2,1-3H3,(H,23,24,25)(H,29,30,31). The summed E-state index contributed by atoms with van der Waals surface area (Å²) in [4.78, 5) is 11.1. The molecule has 10 heteroatoms. The molecule has 2 aromatic heterocycles. The second-order valence-corrected chi connectivity index (χ2v) is 9.85. The van der Waals surface area contributed by atoms with Gasteiger partial charge in [-0.05, 0) is 66.8 Å². The highest BCUT2D eigenvalue weighted by atomic mass is 32.2. The van der Waals surface area contributed by atoms with Gasteiger partial charge in [-0.25, -0.2) is 4.98 Å². The molecule has 0 unspecified atom stereocenters. The molecular formula is C22H27N5O4S. The maximum Gasteiger partial charge on any atom is 0.269 e. The quantitative estimate of drug-likeness (QED) is 0.463. The largest absolute Gasteiger partial charge is 0.390 e. The number of aryl methyl sites for hydroxylation is 3. The number of aromatic nitrogens is 3. The first-order valence-electron chi connectivity index (χ1n) is 10.3. The summed E-state index contributed by atoms with van der Waals surface area (Å²) >= 11 is 0. The molecule has 9 nitrogen and oxygen atoms in total. The van der Waals surface area contributed by atoms with Crippen molar-refractivity contribution in [2.45, 2.75) is 39.2 Å². The van der Waals surface area contributed by atoms with E-state index >= 15 is 0 Å². The lowest BCUT2D eigenvalue weighted by Gasteiger charge is -2.35. The van der Waals surface area contributed by atoms with E-state index in [0.717, 1.165) is 34.7 Å². The Morgan fingerprint density at radius 3 is 2.44 bits per heavy atom. The molecule has 0 atom stereocenters. The Kier molecular flexibility index (Phi) is 6.04. The van der Waals surface area contributed by atoms with Gasteiger partial charge in [0.25, 0.3) is 10.1 Å². The first kappa shape index (κ1) is 22.4. The van der Waals surface area contributed by atoms with E-state index < -0.39 is 15.9 Å². The molecule has 0 saturated carbocycles. The van der Waals surface area contributed by atoms with Crippen LogP contribution in [0.15, 0.2) is 36.8 Å². The topological polar surface area (TPSA) is 121 Å². The Labute approximate surface area is 187 Å². The highest BCUT2D eigenvalue weighted by molar-refractivity contribution is 7.85. The number of anilines is 2. The lowest BCUT2D eigenvalue weighted by molar-refractivity contribution is -0.00295. The van der Waals surface area contributed by atoms with Crippen LogP contribution in [0.5, 0.6) is 0 Å². The molecule has 4 rings (SSSR count). The number of rotatable bonds is 7. The van der Waals surface area contributed by atoms with Crippen molar-refractivity contribution in [2.24, 2.45) is 0 Å². The van der Waals surface area contributed by atoms with Crippen LogP contribution in [0.3, 0.4) is 0 Å². The second-order valence-electron chi connectivity index (χ2n) is 8.40. The fraction of sp³-hybridized carbons (Fsp3) is 0.364. The van der Waals surface area contributed by atoms with Crippen molar-refractivity contribution in [1.29, 1.82) is 0 Å². The highest BCUT2D eigenvalue weighted by Gasteiger charge is 2.24. The number of aliphatic hydroxyl groups is 1. The third kappa shape index (κ3) is 5.16. The van der Waals surface area contributed by atoms with Gasteiger partial charge in [-0.2, -0.15) is 13.4 Å². The smallest absolute Gasteiger partial charge is 0.269 e. The van der Waals surface area contributed by atoms with Crippen molar-refractivity contribution >= 4 is 21.8 Å². The molecule has 1 aromatic carbocycles. The third-order valence-corrected chi connectivity index (χ3v) is 6.30. The van der Waals surface area contributed by atoms with E-state index in [-0.39, 0.29) is 6.10 Å². The lowest BCUT2D eigenvalue weighted by Crippen LogP contribution is -2.49. The zero-order valence-corrected chi connectivity index (χ0v) is 19.1. The molecule has 0 aliphatic carbocycles. The minimum Gasteiger partial charge on any atom is -0.390 e. The predicted molar refractivity (Wildman–Crippen MR) is 122 cm³/mol. The van der Waals surface area contributed by atoms with Crippen LogP contribution in [-0.4, -0.2) is 56.7 Å². The van der Waals surface area contributed by atoms with Gasteiger partial charge in [0.2, 0.25) is 5.95 Å². The number of nitrogens with one attached hydrogen (secondary N) is 1. The maximum atomic E-state index is 11.3. The van der Waals surface area contributed by atoms with E-state index in [1.165, 1.54) is 5.56 Å². The Morgan fingerprint density at radius 1 is 1.12 bits per heavy atom. The molecule has 3 aromatic rings. The Morgan fingerprint density at radius 2 is 1.81 bits per heavy atom. The first-order valence-corrected chi connectivity index (χ1v) is 11.9. The van der Waals surface area contributed by atoms with E-state index in [1.807, 2.05) is 35.2 Å². The molecule has 32 heavy (non-hydrogen) atoms. The van der Waals surface area contributed by atoms with Crippen molar-refractivity contribution in [3.8, 4) is 5.82 Å². The summed E-state index contributed by atoms with van der Waals surface area (Å²) in [5.74, 6) is 0.724. The Bertz CT molecular complexity index is 1230. The van der Waals surface area contributed by atoms with Gasteiger partial charge in [0.05, 0.1) is 6.10 Å². The lowest BCUT2D eigenvalue weighted by atomic mass is 10.0. The van der Waals surface area contributed by atoms with E-state index in [9.17, 15) is 18.1 Å². The van der Waals surface area contributed by atoms with Crippen LogP contribution in [0.25, 0.3) is 5.82 Å². The van der Waals surface area contributed by atoms with Crippen molar-refractivity contribution in [3.05, 3.63) is 64.6 Å². The first-order chi connectivity index (χ1) is 15.1. The molecule has 3 heterocycles. The van der Waals surface area contributed by atoms with Crippen molar-refractivity contribution in [2.75, 3.05) is 18.4 Å². The monoisotopic (exact) mass is 457 g/mol. The third-order valence-electron chi connectivity index (χ3n) is 5.65. The van der Waals surface area contributed by atoms with Crippen LogP contribution in [0.4, 0.5) is 11.6 Å². The molecule has 0 spiro atoms. The molecule has 170 valence electrons. The van der Waals surface area contributed by atoms with Crippen molar-refractivity contribution < 1.29 is 18.1 Å². The SMILES string of the molecule is Cc1cn(-c2ccnc(Nc3cc(C)c(CS(=O)(=O)O)c(C)c3)n2)cc1CN1CC(O)C1. The average Bonchev–Trinajstić information content (AvgIpc) is 3.04. The number of hydrogen-bond donors (Lipinski definition) is 3. The molecule has 0 amide bonds. The number of benzene rings is 1. The zero-order chi connectivity index (χ0) is 23.0. The van der Waals surface area contributed by atoms with Gasteiger partial charge >= 0.3 is 0 Å². The fourth-order valence-corrected chi connectivity index (χ4v) is 4.79. The average molecular weight is 458 g/mol. The normalized spacial score (nSPS) is 15.0. The fourth-order valence-electron chi connectivity index (χ4n) is 3.97. The molecule has 1 fully saturated rings. The minimum absolute atomic E-state index is 0.220. The number of hydrogen-bond acceptors (Lipinski definition) is 7. The summed E-state index contributed by atoms with van der Waals surface area (Å²) in [6, 6.07) is 5.44. The summed E-state index contributed by atoms with van der Waals surface area (Å²) < 4.78 is 33.7. The number of likely N-dealkylation sites (tertiary alicyclic amines) is 1. The van der Waals surface area contributed by atoms with Gasteiger partial charge in [0.1, 0.15) is 11.6 Å². The van der Waals surface area contributed by atoms with Gasteiger partial charge in [-0.15, -0.1) is 0 Å². The van der Waals surface area contributed by atoms with E-state index in [0.29, 0.717) is 24.6 Å². The number of nitrogens with zero attached hydrogens (tertiary/aromatic N) is 4. The molecule has 0 radical (unpaired) electrons. The summed E-state index contributed by atoms with van der Waals surface area (Å²) in [5, 5.41) is 12.7. The van der Waals surface area contributed by atoms with E-state index in [2.05, 4.69) is 27.1 Å². The summed E-state index contributed by atoms with van der Waals surface area (Å²) in [6.07, 6.45) is 5.53. The van der Waals surface area contributed by atoms with Crippen LogP contribution < -0.4 is 5.32 Å². The van der Waals surface area contributed by atoms with Crippen LogP contribution in [0.2, 0.25) is 0 Å². The highest BCUT2D eigenvalue weighted by Crippen LogP contribution is 2.24. The second kappa shape index (κ2) is 8.62. The minimum atomic E-state index is -4.10. The maximum absolute atomic E-state index is 11.3. The summed E-state index contributed by atoms with van der Waals surface area (Å²) in [6.45, 7) is 7.86. The van der Waals surface area contributed by atoms with Crippen LogP contribution in [0, 0.1) is 20.8 Å². The Hall–Kier alpha value is -2.79. The number of aliphatic hydroxyl groups excluding tert-OH is 1. The molecule has 1 aliphatic rings. The van der Waals surface area contributed by atoms with Crippen molar-refractivity contribution in [1.82, 2.24) is 19.4 Å². The molecule has 1 saturated heterocycles. The van der Waals surface area contributed by atoms with Crippen molar-refractivity contribution in [3.63, 3.8) is 0 Å². The molecule has 3 N–H and O–H groups in total. The van der Waals surface area contributed by atoms with Crippen LogP contribution >= 0.6 is 0 Å². The van der Waals surface area contributed by atoms with E-state index in [1.54, 1.807) is 20.0 Å². The van der Waals surface area contributed by atoms with Gasteiger partial charge in [0, 0.05) is 43.9 Å². The van der Waals surface area contributed by atoms with Gasteiger partial charge in [-0.1, -0.05) is 0 Å². The Balaban J connectivity index is 1.53. The van der Waals surface area contributed by atoms with Gasteiger partial charge in [0.15, 0.2) is 0 Å². The zero-order valence-electron chi connectivity index (χ0n) is 18.3. The van der Waals surface area contributed by atoms with Gasteiger partial charge in [-0.3, -0.25) is 9.45 Å². The van der Waals surface area contributed by atoms with Crippen LogP contribution in [0.1, 0.15) is 27.8 Å². The number of β-amino-alcohol motifs (C(OH)–C–C–N with tert-alkyl or cyclic N) is 1.